The normalized spacial score (nSPS) is 17.4. The number of aromatic nitrogens is 2. The van der Waals surface area contributed by atoms with Crippen molar-refractivity contribution in [2.45, 2.75) is 52.0 Å². The van der Waals surface area contributed by atoms with E-state index in [4.69, 9.17) is 5.73 Å². The van der Waals surface area contributed by atoms with Crippen molar-refractivity contribution in [2.75, 3.05) is 10.6 Å². The highest BCUT2D eigenvalue weighted by molar-refractivity contribution is 6.07. The standard InChI is InChI=1S/C13H20N4O/c1-5-8(6-2)17-10-9(7-15-12(14)16-10)13(3,4)11(17)18/h7-8H,5-6H2,1-4H3,(H2,14,15,16). The van der Waals surface area contributed by atoms with E-state index in [1.54, 1.807) is 11.1 Å². The Kier molecular flexibility index (Phi) is 3.00. The molecule has 1 aromatic rings. The third-order valence-corrected chi connectivity index (χ3v) is 3.75. The van der Waals surface area contributed by atoms with Crippen LogP contribution in [0.4, 0.5) is 11.8 Å². The van der Waals surface area contributed by atoms with Gasteiger partial charge in [0.15, 0.2) is 0 Å². The van der Waals surface area contributed by atoms with Crippen LogP contribution in [0.15, 0.2) is 6.20 Å². The van der Waals surface area contributed by atoms with Gasteiger partial charge in [0.05, 0.1) is 5.41 Å². The molecule has 0 saturated carbocycles. The van der Waals surface area contributed by atoms with Crippen molar-refractivity contribution in [3.8, 4) is 0 Å². The first kappa shape index (κ1) is 12.8. The van der Waals surface area contributed by atoms with Gasteiger partial charge in [-0.3, -0.25) is 9.69 Å². The van der Waals surface area contributed by atoms with Crippen molar-refractivity contribution in [2.24, 2.45) is 0 Å². The summed E-state index contributed by atoms with van der Waals surface area (Å²) in [5, 5.41) is 0. The van der Waals surface area contributed by atoms with Crippen LogP contribution in [0.2, 0.25) is 0 Å². The summed E-state index contributed by atoms with van der Waals surface area (Å²) < 4.78 is 0. The van der Waals surface area contributed by atoms with Gasteiger partial charge in [0, 0.05) is 17.8 Å². The molecule has 1 aromatic heterocycles. The fourth-order valence-corrected chi connectivity index (χ4v) is 2.52. The zero-order chi connectivity index (χ0) is 13.5. The third-order valence-electron chi connectivity index (χ3n) is 3.75. The Morgan fingerprint density at radius 1 is 1.39 bits per heavy atom. The zero-order valence-electron chi connectivity index (χ0n) is 11.4. The number of nitrogens with zero attached hydrogens (tertiary/aromatic N) is 3. The summed E-state index contributed by atoms with van der Waals surface area (Å²) in [5.41, 5.74) is 5.96. The lowest BCUT2D eigenvalue weighted by molar-refractivity contribution is -0.122. The van der Waals surface area contributed by atoms with Gasteiger partial charge in [-0.1, -0.05) is 13.8 Å². The molecule has 0 bridgehead atoms. The highest BCUT2D eigenvalue weighted by atomic mass is 16.2. The van der Waals surface area contributed by atoms with Crippen molar-refractivity contribution in [1.29, 1.82) is 0 Å². The maximum atomic E-state index is 12.6. The van der Waals surface area contributed by atoms with Crippen molar-refractivity contribution in [3.63, 3.8) is 0 Å². The molecule has 2 N–H and O–H groups in total. The SMILES string of the molecule is CCC(CC)N1C(=O)C(C)(C)c2cnc(N)nc21. The molecule has 1 amide bonds. The molecule has 2 heterocycles. The Hall–Kier alpha value is -1.65. The summed E-state index contributed by atoms with van der Waals surface area (Å²) in [6.07, 6.45) is 3.49. The van der Waals surface area contributed by atoms with Gasteiger partial charge in [-0.2, -0.15) is 4.98 Å². The summed E-state index contributed by atoms with van der Waals surface area (Å²) >= 11 is 0. The lowest BCUT2D eigenvalue weighted by Crippen LogP contribution is -2.42. The van der Waals surface area contributed by atoms with E-state index in [1.807, 2.05) is 13.8 Å². The lowest BCUT2D eigenvalue weighted by Gasteiger charge is -2.27. The molecule has 0 aliphatic carbocycles. The summed E-state index contributed by atoms with van der Waals surface area (Å²) in [5.74, 6) is 0.993. The van der Waals surface area contributed by atoms with E-state index in [2.05, 4.69) is 23.8 Å². The quantitative estimate of drug-likeness (QED) is 0.886. The number of carbonyl (C=O) groups excluding carboxylic acids is 1. The fraction of sp³-hybridized carbons (Fsp3) is 0.615. The largest absolute Gasteiger partial charge is 0.368 e. The molecular weight excluding hydrogens is 228 g/mol. The van der Waals surface area contributed by atoms with Crippen LogP contribution in [0.1, 0.15) is 46.1 Å². The minimum absolute atomic E-state index is 0.0890. The molecule has 0 saturated heterocycles. The van der Waals surface area contributed by atoms with Gasteiger partial charge in [0.1, 0.15) is 5.82 Å². The van der Waals surface area contributed by atoms with Crippen molar-refractivity contribution < 1.29 is 4.79 Å². The molecule has 1 aliphatic heterocycles. The maximum absolute atomic E-state index is 12.6. The minimum atomic E-state index is -0.564. The van der Waals surface area contributed by atoms with Crippen LogP contribution in [0.25, 0.3) is 0 Å². The summed E-state index contributed by atoms with van der Waals surface area (Å²) in [6.45, 7) is 7.99. The highest BCUT2D eigenvalue weighted by Crippen LogP contribution is 2.41. The number of nitrogens with two attached hydrogens (primary N) is 1. The monoisotopic (exact) mass is 248 g/mol. The van der Waals surface area contributed by atoms with E-state index < -0.39 is 5.41 Å². The average molecular weight is 248 g/mol. The molecule has 98 valence electrons. The number of hydrogen-bond donors (Lipinski definition) is 1. The van der Waals surface area contributed by atoms with Crippen molar-refractivity contribution in [1.82, 2.24) is 9.97 Å². The molecule has 0 radical (unpaired) electrons. The van der Waals surface area contributed by atoms with Gasteiger partial charge in [-0.25, -0.2) is 4.98 Å². The third kappa shape index (κ3) is 1.65. The Balaban J connectivity index is 2.58. The van der Waals surface area contributed by atoms with Crippen LogP contribution in [-0.4, -0.2) is 21.9 Å². The molecule has 0 unspecified atom stereocenters. The summed E-state index contributed by atoms with van der Waals surface area (Å²) in [7, 11) is 0. The number of anilines is 2. The van der Waals surface area contributed by atoms with E-state index in [9.17, 15) is 4.79 Å². The summed E-state index contributed by atoms with van der Waals surface area (Å²) in [4.78, 5) is 22.7. The van der Waals surface area contributed by atoms with Crippen LogP contribution < -0.4 is 10.6 Å². The Labute approximate surface area is 107 Å². The van der Waals surface area contributed by atoms with Crippen LogP contribution in [-0.2, 0) is 10.2 Å². The van der Waals surface area contributed by atoms with Gasteiger partial charge < -0.3 is 5.73 Å². The number of fused-ring (bicyclic) bond motifs is 1. The number of hydrogen-bond acceptors (Lipinski definition) is 4. The predicted octanol–water partition coefficient (Wildman–Crippen LogP) is 1.87. The van der Waals surface area contributed by atoms with Gasteiger partial charge in [0.2, 0.25) is 11.9 Å². The average Bonchev–Trinajstić information content (AvgIpc) is 2.51. The first-order valence-electron chi connectivity index (χ1n) is 6.40. The van der Waals surface area contributed by atoms with E-state index in [0.717, 1.165) is 18.4 Å². The van der Waals surface area contributed by atoms with E-state index >= 15 is 0 Å². The van der Waals surface area contributed by atoms with Crippen LogP contribution in [0.5, 0.6) is 0 Å². The van der Waals surface area contributed by atoms with Crippen LogP contribution in [0.3, 0.4) is 0 Å². The summed E-state index contributed by atoms with van der Waals surface area (Å²) in [6, 6.07) is 0.173. The smallest absolute Gasteiger partial charge is 0.238 e. The van der Waals surface area contributed by atoms with E-state index in [-0.39, 0.29) is 17.9 Å². The second kappa shape index (κ2) is 4.23. The molecule has 0 atom stereocenters. The Morgan fingerprint density at radius 3 is 2.56 bits per heavy atom. The van der Waals surface area contributed by atoms with Crippen LogP contribution in [0, 0.1) is 0 Å². The lowest BCUT2D eigenvalue weighted by atomic mass is 9.88. The van der Waals surface area contributed by atoms with E-state index in [1.165, 1.54) is 0 Å². The second-order valence-corrected chi connectivity index (χ2v) is 5.24. The van der Waals surface area contributed by atoms with Gasteiger partial charge in [0.25, 0.3) is 0 Å². The molecule has 1 aliphatic rings. The first-order valence-corrected chi connectivity index (χ1v) is 6.40. The first-order chi connectivity index (χ1) is 8.43. The van der Waals surface area contributed by atoms with Gasteiger partial charge in [-0.05, 0) is 26.7 Å². The van der Waals surface area contributed by atoms with Crippen molar-refractivity contribution in [3.05, 3.63) is 11.8 Å². The fourth-order valence-electron chi connectivity index (χ4n) is 2.52. The highest BCUT2D eigenvalue weighted by Gasteiger charge is 2.47. The van der Waals surface area contributed by atoms with E-state index in [0.29, 0.717) is 5.82 Å². The molecule has 0 fully saturated rings. The van der Waals surface area contributed by atoms with Gasteiger partial charge >= 0.3 is 0 Å². The topological polar surface area (TPSA) is 72.1 Å². The zero-order valence-corrected chi connectivity index (χ0v) is 11.4. The number of nitrogen functional groups attached to an aromatic ring is 1. The molecular formula is C13H20N4O. The molecule has 0 aromatic carbocycles. The predicted molar refractivity (Wildman–Crippen MR) is 71.3 cm³/mol. The maximum Gasteiger partial charge on any atom is 0.238 e. The molecule has 0 spiro atoms. The molecule has 5 nitrogen and oxygen atoms in total. The number of amides is 1. The molecule has 18 heavy (non-hydrogen) atoms. The van der Waals surface area contributed by atoms with Crippen molar-refractivity contribution >= 4 is 17.7 Å². The molecule has 2 rings (SSSR count). The second-order valence-electron chi connectivity index (χ2n) is 5.24. The Morgan fingerprint density at radius 2 is 2.00 bits per heavy atom. The van der Waals surface area contributed by atoms with Gasteiger partial charge in [-0.15, -0.1) is 0 Å². The minimum Gasteiger partial charge on any atom is -0.368 e. The molecule has 5 heteroatoms. The Bertz CT molecular complexity index is 480. The number of carbonyl (C=O) groups is 1. The number of rotatable bonds is 3. The van der Waals surface area contributed by atoms with Crippen LogP contribution >= 0.6 is 0 Å².